The maximum atomic E-state index is 10.7. The third-order valence-electron chi connectivity index (χ3n) is 3.63. The van der Waals surface area contributed by atoms with E-state index in [9.17, 15) is 10.1 Å². The molecule has 0 bridgehead atoms. The molecule has 0 amide bonds. The molecule has 1 aromatic carbocycles. The van der Waals surface area contributed by atoms with Gasteiger partial charge in [-0.25, -0.2) is 0 Å². The monoisotopic (exact) mass is 261 g/mol. The van der Waals surface area contributed by atoms with Crippen LogP contribution in [-0.2, 0) is 4.74 Å². The van der Waals surface area contributed by atoms with Gasteiger partial charge < -0.3 is 10.1 Å². The van der Waals surface area contributed by atoms with E-state index < -0.39 is 4.92 Å². The number of ether oxygens (including phenoxy) is 1. The summed E-state index contributed by atoms with van der Waals surface area (Å²) in [6.45, 7) is 0.607. The molecule has 1 fully saturated rings. The Morgan fingerprint density at radius 1 is 1.58 bits per heavy atom. The lowest BCUT2D eigenvalue weighted by atomic mass is 9.80. The van der Waals surface area contributed by atoms with Crippen LogP contribution >= 0.6 is 0 Å². The van der Waals surface area contributed by atoms with Gasteiger partial charge in [0.15, 0.2) is 0 Å². The highest BCUT2D eigenvalue weighted by molar-refractivity contribution is 5.61. The number of benzene rings is 1. The Bertz CT molecular complexity index is 527. The van der Waals surface area contributed by atoms with E-state index in [0.29, 0.717) is 12.2 Å². The molecule has 0 saturated heterocycles. The molecule has 1 aromatic rings. The first-order valence-electron chi connectivity index (χ1n) is 6.08. The zero-order valence-corrected chi connectivity index (χ0v) is 10.7. The molecule has 1 aliphatic carbocycles. The fraction of sp³-hybridized carbons (Fsp3) is 0.462. The number of nitro benzene ring substituents is 1. The number of rotatable bonds is 5. The first-order chi connectivity index (χ1) is 9.10. The van der Waals surface area contributed by atoms with Crippen molar-refractivity contribution in [3.8, 4) is 6.07 Å². The van der Waals surface area contributed by atoms with Gasteiger partial charge in [0.05, 0.1) is 21.8 Å². The van der Waals surface area contributed by atoms with Gasteiger partial charge in [0.25, 0.3) is 5.69 Å². The van der Waals surface area contributed by atoms with E-state index in [1.54, 1.807) is 13.2 Å². The van der Waals surface area contributed by atoms with Crippen LogP contribution in [0.4, 0.5) is 11.4 Å². The highest BCUT2D eigenvalue weighted by Gasteiger charge is 2.36. The topological polar surface area (TPSA) is 88.2 Å². The molecule has 0 atom stereocenters. The summed E-state index contributed by atoms with van der Waals surface area (Å²) >= 11 is 0. The van der Waals surface area contributed by atoms with Crippen LogP contribution in [0.15, 0.2) is 18.2 Å². The molecule has 0 unspecified atom stereocenters. The van der Waals surface area contributed by atoms with Gasteiger partial charge >= 0.3 is 0 Å². The summed E-state index contributed by atoms with van der Waals surface area (Å²) in [4.78, 5) is 10.1. The van der Waals surface area contributed by atoms with E-state index in [0.717, 1.165) is 19.3 Å². The van der Waals surface area contributed by atoms with E-state index in [-0.39, 0.29) is 16.9 Å². The summed E-state index contributed by atoms with van der Waals surface area (Å²) < 4.78 is 5.48. The lowest BCUT2D eigenvalue weighted by Crippen LogP contribution is -2.45. The number of nitro groups is 1. The van der Waals surface area contributed by atoms with Crippen molar-refractivity contribution in [3.63, 3.8) is 0 Å². The van der Waals surface area contributed by atoms with Crippen molar-refractivity contribution >= 4 is 11.4 Å². The maximum Gasteiger partial charge on any atom is 0.270 e. The molecule has 6 nitrogen and oxygen atoms in total. The van der Waals surface area contributed by atoms with Crippen molar-refractivity contribution < 1.29 is 9.66 Å². The zero-order chi connectivity index (χ0) is 13.9. The molecule has 19 heavy (non-hydrogen) atoms. The molecule has 1 aliphatic rings. The Labute approximate surface area is 111 Å². The fourth-order valence-electron chi connectivity index (χ4n) is 2.17. The van der Waals surface area contributed by atoms with Gasteiger partial charge in [-0.3, -0.25) is 10.1 Å². The van der Waals surface area contributed by atoms with Crippen molar-refractivity contribution in [2.45, 2.75) is 24.9 Å². The number of nitrogens with zero attached hydrogens (tertiary/aromatic N) is 2. The average Bonchev–Trinajstić information content (AvgIpc) is 2.37. The predicted molar refractivity (Wildman–Crippen MR) is 69.9 cm³/mol. The van der Waals surface area contributed by atoms with Gasteiger partial charge in [-0.1, -0.05) is 0 Å². The number of anilines is 1. The lowest BCUT2D eigenvalue weighted by Gasteiger charge is -2.40. The van der Waals surface area contributed by atoms with Crippen LogP contribution in [0.1, 0.15) is 24.8 Å². The first kappa shape index (κ1) is 13.3. The molecule has 100 valence electrons. The SMILES string of the molecule is COC1(CNc2ccc([N+](=O)[O-])cc2C#N)CCC1. The number of nitriles is 1. The second-order valence-electron chi connectivity index (χ2n) is 4.69. The van der Waals surface area contributed by atoms with Crippen LogP contribution in [0.5, 0.6) is 0 Å². The molecular weight excluding hydrogens is 246 g/mol. The summed E-state index contributed by atoms with van der Waals surface area (Å²) in [5, 5.41) is 22.8. The van der Waals surface area contributed by atoms with E-state index in [1.807, 2.05) is 6.07 Å². The predicted octanol–water partition coefficient (Wildman–Crippen LogP) is 2.45. The first-order valence-corrected chi connectivity index (χ1v) is 6.08. The normalized spacial score (nSPS) is 16.2. The minimum Gasteiger partial charge on any atom is -0.381 e. The van der Waals surface area contributed by atoms with Crippen molar-refractivity contribution in [3.05, 3.63) is 33.9 Å². The molecule has 1 N–H and O–H groups in total. The lowest BCUT2D eigenvalue weighted by molar-refractivity contribution is -0.384. The fourth-order valence-corrected chi connectivity index (χ4v) is 2.17. The summed E-state index contributed by atoms with van der Waals surface area (Å²) in [6, 6.07) is 6.21. The van der Waals surface area contributed by atoms with Crippen molar-refractivity contribution in [2.75, 3.05) is 19.0 Å². The van der Waals surface area contributed by atoms with Crippen molar-refractivity contribution in [1.82, 2.24) is 0 Å². The van der Waals surface area contributed by atoms with Gasteiger partial charge in [0.1, 0.15) is 6.07 Å². The summed E-state index contributed by atoms with van der Waals surface area (Å²) in [5.41, 5.74) is 0.650. The molecule has 0 aliphatic heterocycles. The Morgan fingerprint density at radius 2 is 2.32 bits per heavy atom. The Hall–Kier alpha value is -2.13. The minimum atomic E-state index is -0.507. The number of hydrogen-bond acceptors (Lipinski definition) is 5. The number of non-ortho nitro benzene ring substituents is 1. The second kappa shape index (κ2) is 5.24. The van der Waals surface area contributed by atoms with E-state index in [2.05, 4.69) is 5.32 Å². The van der Waals surface area contributed by atoms with Gasteiger partial charge in [-0.2, -0.15) is 5.26 Å². The molecule has 0 heterocycles. The van der Waals surface area contributed by atoms with Gasteiger partial charge in [0.2, 0.25) is 0 Å². The Balaban J connectivity index is 2.12. The highest BCUT2D eigenvalue weighted by Crippen LogP contribution is 2.35. The summed E-state index contributed by atoms with van der Waals surface area (Å²) in [6.07, 6.45) is 3.12. The Kier molecular flexibility index (Phi) is 3.67. The molecule has 1 saturated carbocycles. The van der Waals surface area contributed by atoms with Crippen molar-refractivity contribution in [1.29, 1.82) is 5.26 Å². The van der Waals surface area contributed by atoms with Crippen LogP contribution in [0, 0.1) is 21.4 Å². The van der Waals surface area contributed by atoms with Crippen LogP contribution in [0.3, 0.4) is 0 Å². The number of nitrogens with one attached hydrogen (secondary N) is 1. The largest absolute Gasteiger partial charge is 0.381 e. The van der Waals surface area contributed by atoms with E-state index in [4.69, 9.17) is 10.00 Å². The molecular formula is C13H15N3O3. The van der Waals surface area contributed by atoms with Gasteiger partial charge in [-0.05, 0) is 25.3 Å². The number of methoxy groups -OCH3 is 1. The van der Waals surface area contributed by atoms with Crippen LogP contribution in [0.2, 0.25) is 0 Å². The molecule has 2 rings (SSSR count). The smallest absolute Gasteiger partial charge is 0.270 e. The van der Waals surface area contributed by atoms with Crippen LogP contribution < -0.4 is 5.32 Å². The average molecular weight is 261 g/mol. The summed E-state index contributed by atoms with van der Waals surface area (Å²) in [5.74, 6) is 0. The summed E-state index contributed by atoms with van der Waals surface area (Å²) in [7, 11) is 1.68. The Morgan fingerprint density at radius 3 is 2.79 bits per heavy atom. The molecule has 0 radical (unpaired) electrons. The van der Waals surface area contributed by atoms with Gasteiger partial charge in [-0.15, -0.1) is 0 Å². The second-order valence-corrected chi connectivity index (χ2v) is 4.69. The third kappa shape index (κ3) is 2.66. The van der Waals surface area contributed by atoms with E-state index in [1.165, 1.54) is 12.1 Å². The molecule has 0 aromatic heterocycles. The minimum absolute atomic E-state index is 0.0767. The van der Waals surface area contributed by atoms with Crippen LogP contribution in [-0.4, -0.2) is 24.2 Å². The van der Waals surface area contributed by atoms with E-state index >= 15 is 0 Å². The maximum absolute atomic E-state index is 10.7. The zero-order valence-electron chi connectivity index (χ0n) is 10.7. The molecule has 0 spiro atoms. The van der Waals surface area contributed by atoms with Gasteiger partial charge in [0, 0.05) is 25.8 Å². The quantitative estimate of drug-likeness (QED) is 0.649. The molecule has 6 heteroatoms. The number of hydrogen-bond donors (Lipinski definition) is 1. The standard InChI is InChI=1S/C13H15N3O3/c1-19-13(5-2-6-13)9-15-12-4-3-11(16(17)18)7-10(12)8-14/h3-4,7,15H,2,5-6,9H2,1H3. The third-order valence-corrected chi connectivity index (χ3v) is 3.63. The van der Waals surface area contributed by atoms with Crippen LogP contribution in [0.25, 0.3) is 0 Å². The van der Waals surface area contributed by atoms with Crippen molar-refractivity contribution in [2.24, 2.45) is 0 Å². The highest BCUT2D eigenvalue weighted by atomic mass is 16.6.